The topological polar surface area (TPSA) is 120 Å². The summed E-state index contributed by atoms with van der Waals surface area (Å²) in [4.78, 5) is 14.0. The molecule has 0 aliphatic rings. The number of fused-ring (bicyclic) bond motifs is 1. The highest BCUT2D eigenvalue weighted by Gasteiger charge is 2.20. The van der Waals surface area contributed by atoms with Crippen molar-refractivity contribution in [3.8, 4) is 0 Å². The fourth-order valence-corrected chi connectivity index (χ4v) is 2.19. The Balaban J connectivity index is 1.91. The lowest BCUT2D eigenvalue weighted by atomic mass is 10.0. The third kappa shape index (κ3) is 2.30. The van der Waals surface area contributed by atoms with Gasteiger partial charge >= 0.3 is 6.09 Å². The van der Waals surface area contributed by atoms with Crippen LogP contribution in [0, 0.1) is 0 Å². The number of H-pyrrole nitrogens is 2. The zero-order valence-electron chi connectivity index (χ0n) is 10.4. The Hall–Kier alpha value is -2.90. The number of aromatic amines is 2. The quantitative estimate of drug-likeness (QED) is 0.569. The predicted molar refractivity (Wildman–Crippen MR) is 70.1 cm³/mol. The molecule has 8 heteroatoms. The van der Waals surface area contributed by atoms with Crippen molar-refractivity contribution in [2.24, 2.45) is 0 Å². The summed E-state index contributed by atoms with van der Waals surface area (Å²) < 4.78 is 0. The van der Waals surface area contributed by atoms with E-state index in [-0.39, 0.29) is 0 Å². The molecule has 1 amide bonds. The summed E-state index contributed by atoms with van der Waals surface area (Å²) in [5.74, 6) is 0.317. The first-order chi connectivity index (χ1) is 9.74. The van der Waals surface area contributed by atoms with E-state index in [1.165, 1.54) is 0 Å². The molecule has 0 fully saturated rings. The minimum Gasteiger partial charge on any atom is -0.465 e. The van der Waals surface area contributed by atoms with Crippen LogP contribution in [-0.4, -0.2) is 36.8 Å². The molecule has 3 aromatic rings. The lowest BCUT2D eigenvalue weighted by Gasteiger charge is -2.12. The highest BCUT2D eigenvalue weighted by molar-refractivity contribution is 5.83. The van der Waals surface area contributed by atoms with E-state index in [2.05, 4.69) is 30.9 Å². The van der Waals surface area contributed by atoms with Gasteiger partial charge in [-0.2, -0.15) is 5.21 Å². The Morgan fingerprint density at radius 3 is 3.00 bits per heavy atom. The molecule has 1 atom stereocenters. The molecular formula is C12H12N6O2. The van der Waals surface area contributed by atoms with Crippen LogP contribution in [-0.2, 0) is 6.42 Å². The van der Waals surface area contributed by atoms with E-state index in [1.54, 1.807) is 0 Å². The molecule has 102 valence electrons. The number of amides is 1. The first kappa shape index (κ1) is 12.2. The molecule has 0 bridgehead atoms. The summed E-state index contributed by atoms with van der Waals surface area (Å²) in [6, 6.07) is 7.27. The van der Waals surface area contributed by atoms with Gasteiger partial charge in [-0.25, -0.2) is 4.79 Å². The summed E-state index contributed by atoms with van der Waals surface area (Å²) in [7, 11) is 0. The molecule has 0 spiro atoms. The number of carboxylic acid groups (broad SMARTS) is 1. The third-order valence-corrected chi connectivity index (χ3v) is 3.07. The fourth-order valence-electron chi connectivity index (χ4n) is 2.19. The molecule has 0 aliphatic heterocycles. The smallest absolute Gasteiger partial charge is 0.405 e. The summed E-state index contributed by atoms with van der Waals surface area (Å²) in [6.07, 6.45) is 1.18. The molecule has 1 aromatic carbocycles. The molecule has 3 rings (SSSR count). The Labute approximate surface area is 113 Å². The summed E-state index contributed by atoms with van der Waals surface area (Å²) in [6.45, 7) is 0. The van der Waals surface area contributed by atoms with Crippen LogP contribution in [0.2, 0.25) is 0 Å². The van der Waals surface area contributed by atoms with Gasteiger partial charge in [-0.1, -0.05) is 23.4 Å². The molecular weight excluding hydrogens is 260 g/mol. The van der Waals surface area contributed by atoms with Crippen LogP contribution >= 0.6 is 0 Å². The van der Waals surface area contributed by atoms with Crippen molar-refractivity contribution in [3.63, 3.8) is 0 Å². The van der Waals surface area contributed by atoms with Gasteiger partial charge in [-0.05, 0) is 11.6 Å². The van der Waals surface area contributed by atoms with E-state index >= 15 is 0 Å². The maximum absolute atomic E-state index is 10.9. The van der Waals surface area contributed by atoms with Crippen molar-refractivity contribution in [3.05, 3.63) is 41.9 Å². The minimum absolute atomic E-state index is 0.317. The minimum atomic E-state index is -1.13. The molecule has 2 heterocycles. The Morgan fingerprint density at radius 2 is 2.25 bits per heavy atom. The van der Waals surface area contributed by atoms with E-state index < -0.39 is 12.1 Å². The number of aromatic nitrogens is 5. The van der Waals surface area contributed by atoms with Gasteiger partial charge in [-0.15, -0.1) is 10.2 Å². The van der Waals surface area contributed by atoms with Crippen molar-refractivity contribution in [2.45, 2.75) is 12.5 Å². The van der Waals surface area contributed by atoms with Crippen LogP contribution in [0.5, 0.6) is 0 Å². The SMILES string of the molecule is O=C(O)N[C@@H](Cc1c[nH]c2ccccc12)c1nn[nH]n1. The number of hydrogen-bond acceptors (Lipinski definition) is 4. The maximum Gasteiger partial charge on any atom is 0.405 e. The summed E-state index contributed by atoms with van der Waals surface area (Å²) >= 11 is 0. The number of benzene rings is 1. The molecule has 0 saturated heterocycles. The first-order valence-corrected chi connectivity index (χ1v) is 6.02. The Kier molecular flexibility index (Phi) is 3.04. The number of tetrazole rings is 1. The molecule has 20 heavy (non-hydrogen) atoms. The number of carbonyl (C=O) groups is 1. The molecule has 0 radical (unpaired) electrons. The van der Waals surface area contributed by atoms with Crippen LogP contribution in [0.1, 0.15) is 17.4 Å². The van der Waals surface area contributed by atoms with E-state index in [1.807, 2.05) is 30.5 Å². The van der Waals surface area contributed by atoms with Gasteiger partial charge < -0.3 is 15.4 Å². The maximum atomic E-state index is 10.9. The normalized spacial score (nSPS) is 12.4. The Bertz CT molecular complexity index is 720. The van der Waals surface area contributed by atoms with E-state index in [0.29, 0.717) is 12.2 Å². The second-order valence-corrected chi connectivity index (χ2v) is 4.34. The average Bonchev–Trinajstić information content (AvgIpc) is 3.07. The zero-order chi connectivity index (χ0) is 13.9. The van der Waals surface area contributed by atoms with Gasteiger partial charge in [-0.3, -0.25) is 0 Å². The molecule has 0 aliphatic carbocycles. The van der Waals surface area contributed by atoms with Gasteiger partial charge in [0, 0.05) is 23.5 Å². The lowest BCUT2D eigenvalue weighted by Crippen LogP contribution is -2.29. The van der Waals surface area contributed by atoms with Gasteiger partial charge in [0.2, 0.25) is 0 Å². The van der Waals surface area contributed by atoms with E-state index in [0.717, 1.165) is 16.5 Å². The molecule has 8 nitrogen and oxygen atoms in total. The van der Waals surface area contributed by atoms with Crippen LogP contribution in [0.15, 0.2) is 30.5 Å². The van der Waals surface area contributed by atoms with Gasteiger partial charge in [0.05, 0.1) is 0 Å². The van der Waals surface area contributed by atoms with E-state index in [9.17, 15) is 4.79 Å². The third-order valence-electron chi connectivity index (χ3n) is 3.07. The van der Waals surface area contributed by atoms with E-state index in [4.69, 9.17) is 5.11 Å². The molecule has 4 N–H and O–H groups in total. The standard InChI is InChI=1S/C12H12N6O2/c19-12(20)14-10(11-15-17-18-16-11)5-7-6-13-9-4-2-1-3-8(7)9/h1-4,6,10,13-14H,5H2,(H,19,20)(H,15,16,17,18)/t10-/m0/s1. The lowest BCUT2D eigenvalue weighted by molar-refractivity contribution is 0.189. The zero-order valence-corrected chi connectivity index (χ0v) is 10.4. The first-order valence-electron chi connectivity index (χ1n) is 6.02. The number of nitrogens with one attached hydrogen (secondary N) is 3. The van der Waals surface area contributed by atoms with Gasteiger partial charge in [0.15, 0.2) is 5.82 Å². The molecule has 0 unspecified atom stereocenters. The van der Waals surface area contributed by atoms with Crippen molar-refractivity contribution >= 4 is 17.0 Å². The highest BCUT2D eigenvalue weighted by Crippen LogP contribution is 2.22. The largest absolute Gasteiger partial charge is 0.465 e. The fraction of sp³-hybridized carbons (Fsp3) is 0.167. The number of rotatable bonds is 4. The van der Waals surface area contributed by atoms with Crippen molar-refractivity contribution in [1.82, 2.24) is 30.9 Å². The number of hydrogen-bond donors (Lipinski definition) is 4. The van der Waals surface area contributed by atoms with Crippen LogP contribution in [0.4, 0.5) is 4.79 Å². The summed E-state index contributed by atoms with van der Waals surface area (Å²) in [5.41, 5.74) is 1.99. The van der Waals surface area contributed by atoms with Crippen LogP contribution in [0.3, 0.4) is 0 Å². The van der Waals surface area contributed by atoms with Gasteiger partial charge in [0.25, 0.3) is 0 Å². The second-order valence-electron chi connectivity index (χ2n) is 4.34. The second kappa shape index (κ2) is 5.00. The molecule has 0 saturated carbocycles. The van der Waals surface area contributed by atoms with Crippen molar-refractivity contribution in [1.29, 1.82) is 0 Å². The van der Waals surface area contributed by atoms with Gasteiger partial charge in [0.1, 0.15) is 6.04 Å². The van der Waals surface area contributed by atoms with Crippen molar-refractivity contribution < 1.29 is 9.90 Å². The monoisotopic (exact) mass is 272 g/mol. The van der Waals surface area contributed by atoms with Crippen LogP contribution < -0.4 is 5.32 Å². The van der Waals surface area contributed by atoms with Crippen molar-refractivity contribution in [2.75, 3.05) is 0 Å². The van der Waals surface area contributed by atoms with Crippen LogP contribution in [0.25, 0.3) is 10.9 Å². The number of nitrogens with zero attached hydrogens (tertiary/aromatic N) is 3. The number of para-hydroxylation sites is 1. The highest BCUT2D eigenvalue weighted by atomic mass is 16.4. The average molecular weight is 272 g/mol. The Morgan fingerprint density at radius 1 is 1.40 bits per heavy atom. The summed E-state index contributed by atoms with van der Waals surface area (Å²) in [5, 5.41) is 25.9. The predicted octanol–water partition coefficient (Wildman–Crippen LogP) is 1.23. The molecule has 2 aromatic heterocycles.